The Labute approximate surface area is 94.6 Å². The lowest BCUT2D eigenvalue weighted by Crippen LogP contribution is -2.26. The largest absolute Gasteiger partial charge is 0.490 e. The van der Waals surface area contributed by atoms with Gasteiger partial charge in [0.15, 0.2) is 0 Å². The number of ether oxygens (including phenoxy) is 1. The van der Waals surface area contributed by atoms with Gasteiger partial charge in [-0.25, -0.2) is 9.78 Å². The highest BCUT2D eigenvalue weighted by Gasteiger charge is 1.96. The normalized spacial score (nSPS) is 9.50. The first-order chi connectivity index (χ1) is 6.68. The monoisotopic (exact) mass is 308 g/mol. The molecule has 1 rings (SSSR count). The molecule has 0 saturated heterocycles. The average Bonchev–Trinajstić information content (AvgIpc) is 2.15. The summed E-state index contributed by atoms with van der Waals surface area (Å²) in [6, 6.07) is 3.61. The fourth-order valence-electron chi connectivity index (χ4n) is 0.774. The summed E-state index contributed by atoms with van der Waals surface area (Å²) in [5.41, 5.74) is 0. The number of hydrogen-bond acceptors (Lipinski definition) is 3. The summed E-state index contributed by atoms with van der Waals surface area (Å²) in [6.07, 6.45) is 0.553. The van der Waals surface area contributed by atoms with Crippen molar-refractivity contribution in [3.8, 4) is 5.75 Å². The van der Waals surface area contributed by atoms with Crippen LogP contribution < -0.4 is 10.1 Å². The number of hydrogen-bond donors (Lipinski definition) is 2. The van der Waals surface area contributed by atoms with Crippen molar-refractivity contribution in [3.63, 3.8) is 0 Å². The molecule has 1 heterocycles. The van der Waals surface area contributed by atoms with Gasteiger partial charge in [0.05, 0.1) is 12.7 Å². The zero-order valence-corrected chi connectivity index (χ0v) is 9.39. The Kier molecular flexibility index (Phi) is 4.44. The van der Waals surface area contributed by atoms with Crippen LogP contribution in [0.4, 0.5) is 4.79 Å². The van der Waals surface area contributed by atoms with Crippen molar-refractivity contribution in [1.82, 2.24) is 10.3 Å². The van der Waals surface area contributed by atoms with E-state index < -0.39 is 6.09 Å². The number of nitrogens with zero attached hydrogens (tertiary/aromatic N) is 1. The fourth-order valence-corrected chi connectivity index (χ4v) is 1.09. The lowest BCUT2D eigenvalue weighted by molar-refractivity contribution is 0.191. The highest BCUT2D eigenvalue weighted by molar-refractivity contribution is 14.1. The van der Waals surface area contributed by atoms with E-state index in [1.54, 1.807) is 12.3 Å². The minimum atomic E-state index is -1.05. The standard InChI is InChI=1S/C8H9IN2O3/c9-7-2-1-6(5-11-7)14-4-3-10-8(12)13/h1-2,5,10H,3-4H2,(H,12,13). The molecule has 0 saturated carbocycles. The van der Waals surface area contributed by atoms with Crippen molar-refractivity contribution in [2.45, 2.75) is 0 Å². The Morgan fingerprint density at radius 1 is 1.64 bits per heavy atom. The number of halogens is 1. The van der Waals surface area contributed by atoms with Crippen LogP contribution in [-0.4, -0.2) is 29.3 Å². The fraction of sp³-hybridized carbons (Fsp3) is 0.250. The lowest BCUT2D eigenvalue weighted by atomic mass is 10.5. The predicted molar refractivity (Wildman–Crippen MR) is 58.5 cm³/mol. The minimum Gasteiger partial charge on any atom is -0.490 e. The number of nitrogens with one attached hydrogen (secondary N) is 1. The molecule has 0 bridgehead atoms. The van der Waals surface area contributed by atoms with Crippen LogP contribution in [0.3, 0.4) is 0 Å². The Bertz CT molecular complexity index is 302. The average molecular weight is 308 g/mol. The first-order valence-corrected chi connectivity index (χ1v) is 4.97. The molecule has 0 unspecified atom stereocenters. The number of amides is 1. The summed E-state index contributed by atoms with van der Waals surface area (Å²) in [4.78, 5) is 14.1. The van der Waals surface area contributed by atoms with Crippen LogP contribution >= 0.6 is 22.6 Å². The van der Waals surface area contributed by atoms with Gasteiger partial charge in [-0.1, -0.05) is 0 Å². The quantitative estimate of drug-likeness (QED) is 0.500. The number of pyridine rings is 1. The summed E-state index contributed by atoms with van der Waals surface area (Å²) in [5, 5.41) is 10.5. The molecule has 5 nitrogen and oxygen atoms in total. The number of rotatable bonds is 4. The van der Waals surface area contributed by atoms with E-state index in [0.717, 1.165) is 3.70 Å². The highest BCUT2D eigenvalue weighted by atomic mass is 127. The Morgan fingerprint density at radius 3 is 3.00 bits per heavy atom. The molecule has 1 aromatic heterocycles. The molecule has 0 fully saturated rings. The van der Waals surface area contributed by atoms with Crippen LogP contribution in [-0.2, 0) is 0 Å². The molecule has 0 radical (unpaired) electrons. The van der Waals surface area contributed by atoms with Gasteiger partial charge in [0.2, 0.25) is 0 Å². The SMILES string of the molecule is O=C(O)NCCOc1ccc(I)nc1. The van der Waals surface area contributed by atoms with Gasteiger partial charge in [-0.15, -0.1) is 0 Å². The molecule has 0 aliphatic heterocycles. The maximum Gasteiger partial charge on any atom is 0.404 e. The summed E-state index contributed by atoms with van der Waals surface area (Å²) in [7, 11) is 0. The second kappa shape index (κ2) is 5.63. The molecule has 0 spiro atoms. The summed E-state index contributed by atoms with van der Waals surface area (Å²) in [6.45, 7) is 0.565. The highest BCUT2D eigenvalue weighted by Crippen LogP contribution is 2.09. The molecule has 6 heteroatoms. The summed E-state index contributed by atoms with van der Waals surface area (Å²) in [5.74, 6) is 0.637. The maximum atomic E-state index is 10.1. The second-order valence-corrected chi connectivity index (χ2v) is 3.50. The van der Waals surface area contributed by atoms with Crippen LogP contribution in [0.5, 0.6) is 5.75 Å². The van der Waals surface area contributed by atoms with Crippen LogP contribution in [0.2, 0.25) is 0 Å². The first kappa shape index (κ1) is 11.0. The zero-order chi connectivity index (χ0) is 10.4. The van der Waals surface area contributed by atoms with Gasteiger partial charge in [-0.3, -0.25) is 0 Å². The van der Waals surface area contributed by atoms with E-state index in [2.05, 4.69) is 32.9 Å². The molecule has 0 aromatic carbocycles. The molecule has 76 valence electrons. The third-order valence-electron chi connectivity index (χ3n) is 1.35. The molecule has 14 heavy (non-hydrogen) atoms. The van der Waals surface area contributed by atoms with E-state index in [1.807, 2.05) is 6.07 Å². The number of carboxylic acid groups (broad SMARTS) is 1. The van der Waals surface area contributed by atoms with Gasteiger partial charge in [-0.2, -0.15) is 0 Å². The van der Waals surface area contributed by atoms with Crippen LogP contribution in [0, 0.1) is 3.70 Å². The van der Waals surface area contributed by atoms with Crippen molar-refractivity contribution < 1.29 is 14.6 Å². The predicted octanol–water partition coefficient (Wildman–Crippen LogP) is 1.33. The molecule has 2 N–H and O–H groups in total. The van der Waals surface area contributed by atoms with Crippen molar-refractivity contribution in [2.75, 3.05) is 13.2 Å². The molecule has 0 aliphatic carbocycles. The second-order valence-electron chi connectivity index (χ2n) is 2.40. The van der Waals surface area contributed by atoms with E-state index in [4.69, 9.17) is 9.84 Å². The van der Waals surface area contributed by atoms with Gasteiger partial charge in [-0.05, 0) is 34.7 Å². The van der Waals surface area contributed by atoms with Crippen LogP contribution in [0.1, 0.15) is 0 Å². The summed E-state index contributed by atoms with van der Waals surface area (Å²) >= 11 is 2.09. The summed E-state index contributed by atoms with van der Waals surface area (Å²) < 4.78 is 6.11. The molecule has 0 atom stereocenters. The zero-order valence-electron chi connectivity index (χ0n) is 7.24. The van der Waals surface area contributed by atoms with E-state index in [9.17, 15) is 4.79 Å². The van der Waals surface area contributed by atoms with Crippen molar-refractivity contribution in [2.24, 2.45) is 0 Å². The van der Waals surface area contributed by atoms with Gasteiger partial charge >= 0.3 is 6.09 Å². The van der Waals surface area contributed by atoms with Gasteiger partial charge in [0.25, 0.3) is 0 Å². The van der Waals surface area contributed by atoms with Crippen LogP contribution in [0.15, 0.2) is 18.3 Å². The smallest absolute Gasteiger partial charge is 0.404 e. The van der Waals surface area contributed by atoms with E-state index in [1.165, 1.54) is 0 Å². The number of carbonyl (C=O) groups is 1. The maximum absolute atomic E-state index is 10.1. The van der Waals surface area contributed by atoms with E-state index in [0.29, 0.717) is 12.4 Å². The van der Waals surface area contributed by atoms with Crippen LogP contribution in [0.25, 0.3) is 0 Å². The molecule has 1 amide bonds. The third-order valence-corrected chi connectivity index (χ3v) is 1.99. The Morgan fingerprint density at radius 2 is 2.43 bits per heavy atom. The Balaban J connectivity index is 2.25. The van der Waals surface area contributed by atoms with Crippen molar-refractivity contribution in [1.29, 1.82) is 0 Å². The van der Waals surface area contributed by atoms with E-state index >= 15 is 0 Å². The third kappa shape index (κ3) is 4.26. The van der Waals surface area contributed by atoms with Gasteiger partial charge in [0.1, 0.15) is 16.1 Å². The topological polar surface area (TPSA) is 71.5 Å². The first-order valence-electron chi connectivity index (χ1n) is 3.89. The molecule has 0 aliphatic rings. The van der Waals surface area contributed by atoms with E-state index in [-0.39, 0.29) is 6.54 Å². The Hall–Kier alpha value is -1.05. The van der Waals surface area contributed by atoms with Crippen molar-refractivity contribution >= 4 is 28.7 Å². The van der Waals surface area contributed by atoms with Crippen molar-refractivity contribution in [3.05, 3.63) is 22.0 Å². The molecular formula is C8H9IN2O3. The molecular weight excluding hydrogens is 299 g/mol. The molecule has 1 aromatic rings. The minimum absolute atomic E-state index is 0.265. The number of aromatic nitrogens is 1. The lowest BCUT2D eigenvalue weighted by Gasteiger charge is -2.04. The van der Waals surface area contributed by atoms with Gasteiger partial charge < -0.3 is 15.2 Å². The van der Waals surface area contributed by atoms with Gasteiger partial charge in [0, 0.05) is 0 Å².